The van der Waals surface area contributed by atoms with Crippen LogP contribution in [-0.4, -0.2) is 93.4 Å². The Labute approximate surface area is 369 Å². The van der Waals surface area contributed by atoms with Crippen LogP contribution in [0, 0.1) is 41.4 Å². The Kier molecular flexibility index (Phi) is 16.8. The molecule has 2 N–H and O–H groups in total. The summed E-state index contributed by atoms with van der Waals surface area (Å²) in [7, 11) is 0. The first-order valence-electron chi connectivity index (χ1n) is 22.2. The van der Waals surface area contributed by atoms with Crippen LogP contribution in [0.2, 0.25) is 0 Å². The molecule has 4 fully saturated rings. The van der Waals surface area contributed by atoms with Crippen molar-refractivity contribution < 1.29 is 87.7 Å². The third kappa shape index (κ3) is 9.66. The normalized spacial score (nSPS) is 42.9. The van der Waals surface area contributed by atoms with Crippen LogP contribution < -0.4 is 34.7 Å². The Morgan fingerprint density at radius 1 is 0.897 bits per heavy atom. The standard InChI is InChI=1S/C45H74O12.Na/c1-12-31(41(49)50)33-17-16-25(5)39(53-33)29(9)37(47)28(8)38(48)32(13-2)40-26(6)24-27(7)44(55-40)21-19-35(54-36(46)14-3)45(57-44)23-22-42(11,56-45)34-18-20-43(51,15-4)30(10)52-34;/h19,21,25-35,37,39-40,47,51H,12-18,20,22-24H2,1-11H3,(H,49,50);/q;+1/p-1/t25-,26-,27+,28-,29-,30-,31+,32-,33+,34+,35-,37+,39+,40-,42-,43+,44-,45-;/m0./s1. The number of aliphatic hydroxyl groups is 2. The van der Waals surface area contributed by atoms with Crippen molar-refractivity contribution in [3.63, 3.8) is 0 Å². The first-order chi connectivity index (χ1) is 26.7. The minimum Gasteiger partial charge on any atom is -0.550 e. The van der Waals surface area contributed by atoms with E-state index in [0.717, 1.165) is 6.42 Å². The Bertz CT molecular complexity index is 1460. The van der Waals surface area contributed by atoms with Gasteiger partial charge < -0.3 is 48.5 Å². The van der Waals surface area contributed by atoms with Crippen LogP contribution in [0.5, 0.6) is 0 Å². The van der Waals surface area contributed by atoms with Crippen LogP contribution in [0.4, 0.5) is 0 Å². The van der Waals surface area contributed by atoms with Crippen LogP contribution in [0.1, 0.15) is 147 Å². The van der Waals surface area contributed by atoms with Gasteiger partial charge in [-0.25, -0.2) is 0 Å². The average Bonchev–Trinajstić information content (AvgIpc) is 3.52. The molecule has 5 heterocycles. The number of carboxylic acids is 1. The molecule has 5 aliphatic rings. The number of ether oxygens (including phenoxy) is 6. The number of ketones is 1. The minimum atomic E-state index is -1.38. The summed E-state index contributed by atoms with van der Waals surface area (Å²) in [5.41, 5.74) is -1.71. The van der Waals surface area contributed by atoms with E-state index >= 15 is 0 Å². The van der Waals surface area contributed by atoms with Gasteiger partial charge in [0.25, 0.3) is 0 Å². The summed E-state index contributed by atoms with van der Waals surface area (Å²) in [6.07, 6.45) is 5.44. The number of hydrogen-bond donors (Lipinski definition) is 2. The molecule has 326 valence electrons. The predicted molar refractivity (Wildman–Crippen MR) is 210 cm³/mol. The fraction of sp³-hybridized carbons (Fsp3) is 0.889. The molecule has 12 nitrogen and oxygen atoms in total. The van der Waals surface area contributed by atoms with E-state index in [2.05, 4.69) is 13.8 Å². The number of aliphatic hydroxyl groups excluding tert-OH is 1. The smallest absolute Gasteiger partial charge is 0.550 e. The van der Waals surface area contributed by atoms with Gasteiger partial charge in [0.2, 0.25) is 5.79 Å². The van der Waals surface area contributed by atoms with E-state index in [-0.39, 0.29) is 77.7 Å². The largest absolute Gasteiger partial charge is 1.00 e. The van der Waals surface area contributed by atoms with Crippen LogP contribution in [-0.2, 0) is 42.8 Å². The van der Waals surface area contributed by atoms with Crippen molar-refractivity contribution in [2.75, 3.05) is 0 Å². The van der Waals surface area contributed by atoms with Gasteiger partial charge >= 0.3 is 35.5 Å². The fourth-order valence-electron chi connectivity index (χ4n) is 10.8. The molecule has 0 aromatic rings. The quantitative estimate of drug-likeness (QED) is 0.150. The molecule has 0 saturated carbocycles. The first-order valence-corrected chi connectivity index (χ1v) is 22.2. The maximum absolute atomic E-state index is 14.6. The van der Waals surface area contributed by atoms with Gasteiger partial charge in [0.15, 0.2) is 11.9 Å². The molecule has 0 aliphatic carbocycles. The number of Topliss-reactive ketones (excluding diaryl/α,β-unsaturated/α-hetero) is 1. The summed E-state index contributed by atoms with van der Waals surface area (Å²) in [6, 6.07) is 0. The maximum atomic E-state index is 14.6. The molecule has 5 rings (SSSR count). The fourth-order valence-corrected chi connectivity index (χ4v) is 10.8. The number of carbonyl (C=O) groups excluding carboxylic acids is 3. The zero-order valence-corrected chi connectivity index (χ0v) is 39.5. The van der Waals surface area contributed by atoms with Gasteiger partial charge in [0.05, 0.1) is 47.8 Å². The maximum Gasteiger partial charge on any atom is 1.00 e. The molecule has 0 bridgehead atoms. The van der Waals surface area contributed by atoms with E-state index in [1.165, 1.54) is 0 Å². The van der Waals surface area contributed by atoms with Crippen molar-refractivity contribution in [1.29, 1.82) is 0 Å². The third-order valence-electron chi connectivity index (χ3n) is 15.0. The molecular formula is C45H73NaO12. The predicted octanol–water partition coefficient (Wildman–Crippen LogP) is 2.82. The second-order valence-corrected chi connectivity index (χ2v) is 18.7. The molecule has 4 saturated heterocycles. The SMILES string of the molecule is CCC(=O)O[C@H]1C=C[C@]2(O[C@H]([C@@H](CC)C(=O)[C@@H](C)[C@@H](O)[C@H](C)[C@@H]3O[C@@H]([C@@H](CC)C(=O)[O-])CC[C@@H]3C)[C@@H](C)C[C@H]2C)O[C@@]12CC[C@@](C)([C@H]1CC[C@](O)(CC)[C@H](C)O1)O2.[Na+]. The third-order valence-corrected chi connectivity index (χ3v) is 15.0. The molecule has 0 radical (unpaired) electrons. The van der Waals surface area contributed by atoms with E-state index in [4.69, 9.17) is 28.4 Å². The molecular weight excluding hydrogens is 755 g/mol. The van der Waals surface area contributed by atoms with Gasteiger partial charge in [0.1, 0.15) is 5.78 Å². The van der Waals surface area contributed by atoms with Crippen molar-refractivity contribution in [3.8, 4) is 0 Å². The minimum absolute atomic E-state index is 0. The van der Waals surface area contributed by atoms with Crippen LogP contribution in [0.15, 0.2) is 12.2 Å². The monoisotopic (exact) mass is 828 g/mol. The summed E-state index contributed by atoms with van der Waals surface area (Å²) in [5.74, 6) is -6.85. The van der Waals surface area contributed by atoms with Crippen LogP contribution >= 0.6 is 0 Å². The van der Waals surface area contributed by atoms with Crippen LogP contribution in [0.25, 0.3) is 0 Å². The van der Waals surface area contributed by atoms with E-state index < -0.39 is 82.9 Å². The van der Waals surface area contributed by atoms with Gasteiger partial charge in [-0.05, 0) is 95.6 Å². The molecule has 13 heteroatoms. The number of carbonyl (C=O) groups is 3. The zero-order chi connectivity index (χ0) is 42.2. The zero-order valence-electron chi connectivity index (χ0n) is 37.5. The first kappa shape index (κ1) is 49.7. The summed E-state index contributed by atoms with van der Waals surface area (Å²) in [6.45, 7) is 21.2. The van der Waals surface area contributed by atoms with E-state index in [1.807, 2.05) is 60.6 Å². The van der Waals surface area contributed by atoms with Gasteiger partial charge in [-0.15, -0.1) is 0 Å². The van der Waals surface area contributed by atoms with E-state index in [0.29, 0.717) is 57.8 Å². The van der Waals surface area contributed by atoms with Gasteiger partial charge in [0, 0.05) is 48.4 Å². The molecule has 18 atom stereocenters. The van der Waals surface area contributed by atoms with Gasteiger partial charge in [-0.1, -0.05) is 62.3 Å². The summed E-state index contributed by atoms with van der Waals surface area (Å²) in [5, 5.41) is 34.8. The second-order valence-electron chi connectivity index (χ2n) is 18.7. The number of hydrogen-bond acceptors (Lipinski definition) is 12. The molecule has 5 aliphatic heterocycles. The topological polar surface area (TPSA) is 170 Å². The van der Waals surface area contributed by atoms with Gasteiger partial charge in [-0.2, -0.15) is 0 Å². The number of carboxylic acid groups (broad SMARTS) is 1. The van der Waals surface area contributed by atoms with E-state index in [9.17, 15) is 29.7 Å². The van der Waals surface area contributed by atoms with Crippen molar-refractivity contribution in [2.45, 2.75) is 212 Å². The molecule has 0 aromatic heterocycles. The van der Waals surface area contributed by atoms with Crippen molar-refractivity contribution in [2.24, 2.45) is 41.4 Å². The van der Waals surface area contributed by atoms with Gasteiger partial charge in [-0.3, -0.25) is 9.59 Å². The molecule has 0 amide bonds. The molecule has 58 heavy (non-hydrogen) atoms. The Hall–Kier alpha value is -0.930. The van der Waals surface area contributed by atoms with Crippen molar-refractivity contribution in [1.82, 2.24) is 0 Å². The number of rotatable bonds is 14. The Balaban J connectivity index is 0.00000744. The second kappa shape index (κ2) is 19.6. The number of esters is 1. The van der Waals surface area contributed by atoms with Crippen molar-refractivity contribution >= 4 is 17.7 Å². The van der Waals surface area contributed by atoms with Crippen molar-refractivity contribution in [3.05, 3.63) is 12.2 Å². The summed E-state index contributed by atoms with van der Waals surface area (Å²) >= 11 is 0. The summed E-state index contributed by atoms with van der Waals surface area (Å²) in [4.78, 5) is 39.2. The molecule has 0 aromatic carbocycles. The Morgan fingerprint density at radius 2 is 1.57 bits per heavy atom. The Morgan fingerprint density at radius 3 is 2.16 bits per heavy atom. The van der Waals surface area contributed by atoms with E-state index in [1.54, 1.807) is 13.8 Å². The van der Waals surface area contributed by atoms with Crippen LogP contribution in [0.3, 0.4) is 0 Å². The average molecular weight is 829 g/mol. The molecule has 2 spiro atoms. The summed E-state index contributed by atoms with van der Waals surface area (Å²) < 4.78 is 40.1. The number of aliphatic carboxylic acids is 1. The molecule has 0 unspecified atom stereocenters.